The molecule has 1 aromatic carbocycles. The molecule has 0 saturated heterocycles. The lowest BCUT2D eigenvalue weighted by Crippen LogP contribution is -2.30. The number of fused-ring (bicyclic) bond motifs is 1. The van der Waals surface area contributed by atoms with Gasteiger partial charge >= 0.3 is 5.97 Å². The predicted molar refractivity (Wildman–Crippen MR) is 105 cm³/mol. The van der Waals surface area contributed by atoms with Crippen LogP contribution in [0.5, 0.6) is 11.5 Å². The summed E-state index contributed by atoms with van der Waals surface area (Å²) in [4.78, 5) is 17.2. The zero-order valence-electron chi connectivity index (χ0n) is 16.7. The molecule has 0 spiro atoms. The van der Waals surface area contributed by atoms with Crippen molar-refractivity contribution >= 4 is 11.9 Å². The van der Waals surface area contributed by atoms with Gasteiger partial charge in [0.05, 0.1) is 25.9 Å². The number of rotatable bonds is 8. The van der Waals surface area contributed by atoms with Crippen LogP contribution in [0.4, 0.5) is 5.95 Å². The molecule has 1 N–H and O–H groups in total. The molecule has 150 valence electrons. The molecule has 2 heterocycles. The highest BCUT2D eigenvalue weighted by molar-refractivity contribution is 5.92. The van der Waals surface area contributed by atoms with Gasteiger partial charge in [-0.2, -0.15) is 10.1 Å². The van der Waals surface area contributed by atoms with Crippen LogP contribution in [0.1, 0.15) is 45.2 Å². The number of benzene rings is 1. The van der Waals surface area contributed by atoms with E-state index in [1.165, 1.54) is 6.33 Å². The van der Waals surface area contributed by atoms with Gasteiger partial charge in [0, 0.05) is 5.70 Å². The maximum Gasteiger partial charge on any atom is 0.338 e. The summed E-state index contributed by atoms with van der Waals surface area (Å²) in [7, 11) is 1.60. The van der Waals surface area contributed by atoms with Gasteiger partial charge in [-0.15, -0.1) is 0 Å². The van der Waals surface area contributed by atoms with Crippen molar-refractivity contribution in [3.8, 4) is 11.5 Å². The normalized spacial score (nSPS) is 15.6. The number of allylic oxidation sites excluding steroid dienone is 1. The van der Waals surface area contributed by atoms with Gasteiger partial charge in [-0.05, 0) is 38.0 Å². The van der Waals surface area contributed by atoms with Crippen molar-refractivity contribution in [2.45, 2.75) is 39.7 Å². The fourth-order valence-corrected chi connectivity index (χ4v) is 3.35. The molecule has 0 fully saturated rings. The van der Waals surface area contributed by atoms with Crippen LogP contribution in [0.3, 0.4) is 0 Å². The third-order valence-corrected chi connectivity index (χ3v) is 4.48. The quantitative estimate of drug-likeness (QED) is 0.696. The number of esters is 1. The maximum atomic E-state index is 12.9. The number of carbonyl (C=O) groups is 1. The Morgan fingerprint density at radius 3 is 2.71 bits per heavy atom. The van der Waals surface area contributed by atoms with E-state index in [0.717, 1.165) is 17.7 Å². The topological polar surface area (TPSA) is 87.5 Å². The Kier molecular flexibility index (Phi) is 6.18. The first-order valence-corrected chi connectivity index (χ1v) is 9.51. The van der Waals surface area contributed by atoms with Gasteiger partial charge in [-0.1, -0.05) is 19.4 Å². The van der Waals surface area contributed by atoms with Crippen molar-refractivity contribution in [1.82, 2.24) is 14.8 Å². The molecular weight excluding hydrogens is 360 g/mol. The van der Waals surface area contributed by atoms with E-state index in [9.17, 15) is 4.79 Å². The number of anilines is 1. The zero-order valence-corrected chi connectivity index (χ0v) is 16.7. The zero-order chi connectivity index (χ0) is 20.1. The van der Waals surface area contributed by atoms with E-state index in [0.29, 0.717) is 42.7 Å². The Morgan fingerprint density at radius 1 is 1.21 bits per heavy atom. The van der Waals surface area contributed by atoms with Gasteiger partial charge < -0.3 is 19.5 Å². The number of ether oxygens (including phenoxy) is 3. The number of hydrogen-bond acceptors (Lipinski definition) is 7. The summed E-state index contributed by atoms with van der Waals surface area (Å²) in [6, 6.07) is 5.16. The third kappa shape index (κ3) is 3.67. The summed E-state index contributed by atoms with van der Waals surface area (Å²) in [6.07, 6.45) is 3.05. The fourth-order valence-electron chi connectivity index (χ4n) is 3.35. The Balaban J connectivity index is 2.17. The second-order valence-corrected chi connectivity index (χ2v) is 6.26. The Labute approximate surface area is 164 Å². The molecule has 1 aliphatic heterocycles. The molecule has 1 atom stereocenters. The lowest BCUT2D eigenvalue weighted by atomic mass is 9.93. The van der Waals surface area contributed by atoms with Crippen LogP contribution in [0.2, 0.25) is 0 Å². The van der Waals surface area contributed by atoms with E-state index >= 15 is 0 Å². The van der Waals surface area contributed by atoms with Crippen molar-refractivity contribution in [1.29, 1.82) is 0 Å². The molecule has 8 heteroatoms. The molecule has 28 heavy (non-hydrogen) atoms. The number of methoxy groups -OCH3 is 1. The van der Waals surface area contributed by atoms with Crippen molar-refractivity contribution in [3.05, 3.63) is 41.4 Å². The smallest absolute Gasteiger partial charge is 0.338 e. The van der Waals surface area contributed by atoms with Crippen LogP contribution in [-0.4, -0.2) is 41.1 Å². The molecule has 0 unspecified atom stereocenters. The number of nitrogens with one attached hydrogen (secondary N) is 1. The number of carbonyl (C=O) groups excluding carboxylic acids is 1. The average Bonchev–Trinajstić information content (AvgIpc) is 3.15. The number of hydrogen-bond donors (Lipinski definition) is 1. The van der Waals surface area contributed by atoms with Crippen molar-refractivity contribution in [3.63, 3.8) is 0 Å². The van der Waals surface area contributed by atoms with E-state index < -0.39 is 6.04 Å². The maximum absolute atomic E-state index is 12.9. The molecule has 0 amide bonds. The summed E-state index contributed by atoms with van der Waals surface area (Å²) >= 11 is 0. The minimum absolute atomic E-state index is 0.297. The largest absolute Gasteiger partial charge is 0.493 e. The molecular formula is C20H26N4O4. The van der Waals surface area contributed by atoms with Gasteiger partial charge in [-0.25, -0.2) is 9.48 Å². The Morgan fingerprint density at radius 2 is 2.04 bits per heavy atom. The minimum atomic E-state index is -0.468. The van der Waals surface area contributed by atoms with Crippen molar-refractivity contribution in [2.24, 2.45) is 0 Å². The van der Waals surface area contributed by atoms with E-state index in [2.05, 4.69) is 22.3 Å². The Hall–Kier alpha value is -3.03. The number of aromatic nitrogens is 3. The van der Waals surface area contributed by atoms with Crippen LogP contribution in [0, 0.1) is 0 Å². The average molecular weight is 386 g/mol. The van der Waals surface area contributed by atoms with Gasteiger partial charge in [-0.3, -0.25) is 0 Å². The van der Waals surface area contributed by atoms with Crippen LogP contribution < -0.4 is 14.8 Å². The lowest BCUT2D eigenvalue weighted by molar-refractivity contribution is -0.139. The van der Waals surface area contributed by atoms with Crippen molar-refractivity contribution in [2.75, 3.05) is 25.6 Å². The third-order valence-electron chi connectivity index (χ3n) is 4.48. The highest BCUT2D eigenvalue weighted by atomic mass is 16.5. The summed E-state index contributed by atoms with van der Waals surface area (Å²) in [5, 5.41) is 7.59. The second kappa shape index (κ2) is 8.77. The molecule has 1 aromatic heterocycles. The van der Waals surface area contributed by atoms with E-state index in [-0.39, 0.29) is 5.97 Å². The second-order valence-electron chi connectivity index (χ2n) is 6.26. The SMILES string of the molecule is CCCC1=C(C(=O)OCC)[C@@H](c2ccc(OC)c(OCC)c2)n2ncnc2N1. The lowest BCUT2D eigenvalue weighted by Gasteiger charge is -2.29. The number of nitrogens with zero attached hydrogens (tertiary/aromatic N) is 3. The monoisotopic (exact) mass is 386 g/mol. The first-order valence-electron chi connectivity index (χ1n) is 9.51. The van der Waals surface area contributed by atoms with Crippen LogP contribution >= 0.6 is 0 Å². The summed E-state index contributed by atoms with van der Waals surface area (Å²) in [6.45, 7) is 6.57. The first kappa shape index (κ1) is 19.7. The van der Waals surface area contributed by atoms with Crippen molar-refractivity contribution < 1.29 is 19.0 Å². The molecule has 2 aromatic rings. The summed E-state index contributed by atoms with van der Waals surface area (Å²) in [5.41, 5.74) is 2.18. The minimum Gasteiger partial charge on any atom is -0.493 e. The molecule has 3 rings (SSSR count). The highest BCUT2D eigenvalue weighted by Crippen LogP contribution is 2.39. The molecule has 8 nitrogen and oxygen atoms in total. The Bertz CT molecular complexity index is 875. The molecule has 0 aliphatic carbocycles. The van der Waals surface area contributed by atoms with E-state index in [4.69, 9.17) is 14.2 Å². The molecule has 0 bridgehead atoms. The van der Waals surface area contributed by atoms with Gasteiger partial charge in [0.1, 0.15) is 12.4 Å². The standard InChI is InChI=1S/C20H26N4O4/c1-5-8-14-17(19(25)28-7-3)18(24-20(23-14)21-12-22-24)13-9-10-15(26-4)16(11-13)27-6-2/h9-12,18H,5-8H2,1-4H3,(H,21,22,23)/t18-/m1/s1. The van der Waals surface area contributed by atoms with E-state index in [1.807, 2.05) is 25.1 Å². The fraction of sp³-hybridized carbons (Fsp3) is 0.450. The van der Waals surface area contributed by atoms with E-state index in [1.54, 1.807) is 18.7 Å². The molecule has 0 saturated carbocycles. The first-order chi connectivity index (χ1) is 13.6. The van der Waals surface area contributed by atoms with Crippen LogP contribution in [0.15, 0.2) is 35.8 Å². The van der Waals surface area contributed by atoms with Crippen LogP contribution in [0.25, 0.3) is 0 Å². The summed E-state index contributed by atoms with van der Waals surface area (Å²) in [5.74, 6) is 1.48. The predicted octanol–water partition coefficient (Wildman–Crippen LogP) is 3.32. The molecule has 0 radical (unpaired) electrons. The van der Waals surface area contributed by atoms with Gasteiger partial charge in [0.2, 0.25) is 5.95 Å². The van der Waals surface area contributed by atoms with Crippen LogP contribution in [-0.2, 0) is 9.53 Å². The summed E-state index contributed by atoms with van der Waals surface area (Å²) < 4.78 is 18.2. The molecule has 1 aliphatic rings. The van der Waals surface area contributed by atoms with Gasteiger partial charge in [0.25, 0.3) is 0 Å². The highest BCUT2D eigenvalue weighted by Gasteiger charge is 2.35. The van der Waals surface area contributed by atoms with Gasteiger partial charge in [0.15, 0.2) is 11.5 Å².